The lowest BCUT2D eigenvalue weighted by Crippen LogP contribution is -2.21. The van der Waals surface area contributed by atoms with Gasteiger partial charge in [-0.05, 0) is 62.3 Å². The molecule has 0 aromatic carbocycles. The van der Waals surface area contributed by atoms with E-state index in [0.717, 1.165) is 18.3 Å². The number of aromatic amines is 1. The van der Waals surface area contributed by atoms with Crippen LogP contribution in [-0.4, -0.2) is 4.98 Å². The van der Waals surface area contributed by atoms with E-state index >= 15 is 0 Å². The molecule has 1 aromatic heterocycles. The molecule has 1 nitrogen and oxygen atoms in total. The van der Waals surface area contributed by atoms with Gasteiger partial charge in [-0.25, -0.2) is 0 Å². The Morgan fingerprint density at radius 2 is 2.00 bits per heavy atom. The number of hydrogen-bond donors (Lipinski definition) is 1. The van der Waals surface area contributed by atoms with Crippen molar-refractivity contribution in [1.29, 1.82) is 0 Å². The molecule has 1 aromatic rings. The molecule has 0 spiro atoms. The minimum absolute atomic E-state index is 0.792. The molecular formula is C24H33N. The summed E-state index contributed by atoms with van der Waals surface area (Å²) >= 11 is 0. The molecule has 0 radical (unpaired) electrons. The van der Waals surface area contributed by atoms with Crippen molar-refractivity contribution in [1.82, 2.24) is 4.98 Å². The Morgan fingerprint density at radius 1 is 1.20 bits per heavy atom. The van der Waals surface area contributed by atoms with Crippen LogP contribution in [0.1, 0.15) is 51.6 Å². The second kappa shape index (κ2) is 10.1. The monoisotopic (exact) mass is 335 g/mol. The van der Waals surface area contributed by atoms with Gasteiger partial charge in [-0.1, -0.05) is 74.4 Å². The van der Waals surface area contributed by atoms with Crippen molar-refractivity contribution in [3.8, 4) is 0 Å². The maximum absolute atomic E-state index is 3.82. The van der Waals surface area contributed by atoms with Crippen molar-refractivity contribution >= 4 is 12.2 Å². The summed E-state index contributed by atoms with van der Waals surface area (Å²) in [7, 11) is 0. The second-order valence-electron chi connectivity index (χ2n) is 7.12. The van der Waals surface area contributed by atoms with Crippen LogP contribution in [0, 0.1) is 11.8 Å². The summed E-state index contributed by atoms with van der Waals surface area (Å²) in [5, 5.41) is 2.47. The average Bonchev–Trinajstić information content (AvgIpc) is 3.00. The lowest BCUT2D eigenvalue weighted by molar-refractivity contribution is 0.263. The van der Waals surface area contributed by atoms with Crippen molar-refractivity contribution in [3.63, 3.8) is 0 Å². The molecule has 1 heteroatoms. The number of aromatic nitrogens is 1. The van der Waals surface area contributed by atoms with Crippen LogP contribution in [0.5, 0.6) is 0 Å². The Morgan fingerprint density at radius 3 is 2.68 bits per heavy atom. The molecule has 1 aliphatic rings. The van der Waals surface area contributed by atoms with Crippen LogP contribution < -0.4 is 10.6 Å². The molecule has 25 heavy (non-hydrogen) atoms. The first kappa shape index (κ1) is 19.3. The van der Waals surface area contributed by atoms with Crippen LogP contribution in [-0.2, 0) is 6.42 Å². The van der Waals surface area contributed by atoms with Crippen LogP contribution in [0.2, 0.25) is 0 Å². The molecule has 0 bridgehead atoms. The van der Waals surface area contributed by atoms with Gasteiger partial charge in [0.05, 0.1) is 0 Å². The normalized spacial score (nSPS) is 23.4. The summed E-state index contributed by atoms with van der Waals surface area (Å²) in [5.74, 6) is 1.60. The molecule has 1 fully saturated rings. The summed E-state index contributed by atoms with van der Waals surface area (Å²) in [6.45, 7) is 11.8. The molecule has 0 amide bonds. The van der Waals surface area contributed by atoms with Gasteiger partial charge in [-0.3, -0.25) is 0 Å². The van der Waals surface area contributed by atoms with E-state index in [4.69, 9.17) is 0 Å². The van der Waals surface area contributed by atoms with Crippen LogP contribution in [0.3, 0.4) is 0 Å². The van der Waals surface area contributed by atoms with E-state index in [-0.39, 0.29) is 0 Å². The SMILES string of the molecule is C=C/C=C\C(=C/C)CC1CCCC(Cc2cc(=C/C)/c(=C\C=C)[nH]2)C1. The third kappa shape index (κ3) is 5.77. The zero-order chi connectivity index (χ0) is 18.1. The number of rotatable bonds is 7. The summed E-state index contributed by atoms with van der Waals surface area (Å²) in [5.41, 5.74) is 2.81. The van der Waals surface area contributed by atoms with Crippen molar-refractivity contribution in [2.24, 2.45) is 11.8 Å². The summed E-state index contributed by atoms with van der Waals surface area (Å²) in [4.78, 5) is 3.58. The number of allylic oxidation sites excluding steroid dienone is 6. The van der Waals surface area contributed by atoms with Gasteiger partial charge in [0.25, 0.3) is 0 Å². The van der Waals surface area contributed by atoms with E-state index in [1.54, 1.807) is 0 Å². The molecule has 1 saturated carbocycles. The third-order valence-corrected chi connectivity index (χ3v) is 5.27. The maximum Gasteiger partial charge on any atom is 0.0452 e. The highest BCUT2D eigenvalue weighted by Crippen LogP contribution is 2.34. The molecule has 0 aliphatic heterocycles. The third-order valence-electron chi connectivity index (χ3n) is 5.27. The Labute approximate surface area is 153 Å². The highest BCUT2D eigenvalue weighted by molar-refractivity contribution is 5.36. The Balaban J connectivity index is 2.02. The number of hydrogen-bond acceptors (Lipinski definition) is 0. The Bertz CT molecular complexity index is 742. The first-order valence-electron chi connectivity index (χ1n) is 9.61. The molecule has 0 saturated heterocycles. The van der Waals surface area contributed by atoms with Crippen LogP contribution in [0.25, 0.3) is 12.2 Å². The van der Waals surface area contributed by atoms with Gasteiger partial charge in [0.2, 0.25) is 0 Å². The summed E-state index contributed by atoms with van der Waals surface area (Å²) in [6, 6.07) is 2.31. The highest BCUT2D eigenvalue weighted by Gasteiger charge is 2.22. The first-order valence-corrected chi connectivity index (χ1v) is 9.61. The van der Waals surface area contributed by atoms with Crippen molar-refractivity contribution < 1.29 is 0 Å². The second-order valence-corrected chi connectivity index (χ2v) is 7.12. The predicted octanol–water partition coefficient (Wildman–Crippen LogP) is 5.21. The van der Waals surface area contributed by atoms with Gasteiger partial charge < -0.3 is 4.98 Å². The largest absolute Gasteiger partial charge is 0.358 e. The zero-order valence-corrected chi connectivity index (χ0v) is 15.9. The molecule has 2 unspecified atom stereocenters. The van der Waals surface area contributed by atoms with Crippen molar-refractivity contribution in [3.05, 3.63) is 71.4 Å². The van der Waals surface area contributed by atoms with Gasteiger partial charge in [-0.2, -0.15) is 0 Å². The quantitative estimate of drug-likeness (QED) is 0.658. The Hall–Kier alpha value is -2.02. The summed E-state index contributed by atoms with van der Waals surface area (Å²) in [6.07, 6.45) is 22.2. The average molecular weight is 336 g/mol. The van der Waals surface area contributed by atoms with E-state index in [9.17, 15) is 0 Å². The van der Waals surface area contributed by atoms with Crippen LogP contribution in [0.4, 0.5) is 0 Å². The first-order chi connectivity index (χ1) is 12.2. The highest BCUT2D eigenvalue weighted by atomic mass is 14.7. The molecule has 2 atom stereocenters. The van der Waals surface area contributed by atoms with Gasteiger partial charge in [0.15, 0.2) is 0 Å². The van der Waals surface area contributed by atoms with Gasteiger partial charge in [-0.15, -0.1) is 0 Å². The molecule has 134 valence electrons. The molecular weight excluding hydrogens is 302 g/mol. The standard InChI is InChI=1S/C24H33N/c1-5-9-12-19(7-3)15-20-13-10-14-21(16-20)17-23-18-22(8-4)24(25-23)11-6-2/h5-9,11-12,18,20-21,25H,1-2,10,13-17H2,3-4H3/b12-9-,19-7+,22-8-,24-11+. The van der Waals surface area contributed by atoms with Crippen molar-refractivity contribution in [2.75, 3.05) is 0 Å². The molecule has 2 rings (SSSR count). The van der Waals surface area contributed by atoms with Gasteiger partial charge in [0, 0.05) is 11.0 Å². The van der Waals surface area contributed by atoms with E-state index in [2.05, 4.69) is 68.4 Å². The lowest BCUT2D eigenvalue weighted by Gasteiger charge is -2.29. The fourth-order valence-corrected chi connectivity index (χ4v) is 4.04. The fraction of sp³-hybridized carbons (Fsp3) is 0.417. The molecule has 1 heterocycles. The summed E-state index contributed by atoms with van der Waals surface area (Å²) < 4.78 is 0. The van der Waals surface area contributed by atoms with Crippen molar-refractivity contribution in [2.45, 2.75) is 52.4 Å². The van der Waals surface area contributed by atoms with Gasteiger partial charge in [0.1, 0.15) is 0 Å². The topological polar surface area (TPSA) is 15.8 Å². The Kier molecular flexibility index (Phi) is 7.78. The minimum Gasteiger partial charge on any atom is -0.358 e. The molecule has 1 N–H and O–H groups in total. The predicted molar refractivity (Wildman–Crippen MR) is 112 cm³/mol. The minimum atomic E-state index is 0.792. The van der Waals surface area contributed by atoms with E-state index < -0.39 is 0 Å². The van der Waals surface area contributed by atoms with E-state index in [0.29, 0.717) is 0 Å². The lowest BCUT2D eigenvalue weighted by atomic mass is 9.77. The smallest absolute Gasteiger partial charge is 0.0452 e. The van der Waals surface area contributed by atoms with E-state index in [1.807, 2.05) is 12.2 Å². The maximum atomic E-state index is 3.82. The van der Waals surface area contributed by atoms with E-state index in [1.165, 1.54) is 53.9 Å². The van der Waals surface area contributed by atoms with Crippen LogP contribution >= 0.6 is 0 Å². The zero-order valence-electron chi connectivity index (χ0n) is 15.9. The number of H-pyrrole nitrogens is 1. The number of nitrogens with one attached hydrogen (secondary N) is 1. The van der Waals surface area contributed by atoms with Crippen LogP contribution in [0.15, 0.2) is 55.2 Å². The molecule has 1 aliphatic carbocycles. The fourth-order valence-electron chi connectivity index (χ4n) is 4.04. The van der Waals surface area contributed by atoms with Gasteiger partial charge >= 0.3 is 0 Å².